The van der Waals surface area contributed by atoms with E-state index in [-0.39, 0.29) is 0 Å². The van der Waals surface area contributed by atoms with E-state index in [4.69, 9.17) is 0 Å². The van der Waals surface area contributed by atoms with Gasteiger partial charge in [0.2, 0.25) is 0 Å². The Morgan fingerprint density at radius 1 is 1.64 bits per heavy atom. The maximum atomic E-state index is 10.8. The van der Waals surface area contributed by atoms with Crippen molar-refractivity contribution >= 4 is 22.1 Å². The smallest absolute Gasteiger partial charge is 0.0926 e. The Hall–Kier alpha value is -0.260. The van der Waals surface area contributed by atoms with Crippen LogP contribution < -0.4 is 5.32 Å². The number of aryl methyl sites for hydroxylation is 1. The molecule has 80 valence electrons. The van der Waals surface area contributed by atoms with E-state index in [0.717, 1.165) is 25.2 Å². The van der Waals surface area contributed by atoms with Crippen molar-refractivity contribution in [1.29, 1.82) is 0 Å². The zero-order chi connectivity index (χ0) is 10.4. The fourth-order valence-electron chi connectivity index (χ4n) is 1.02. The first-order valence-electron chi connectivity index (χ1n) is 4.66. The van der Waals surface area contributed by atoms with Crippen molar-refractivity contribution < 1.29 is 4.21 Å². The fourth-order valence-corrected chi connectivity index (χ4v) is 2.20. The normalized spacial score (nSPS) is 13.0. The summed E-state index contributed by atoms with van der Waals surface area (Å²) in [5, 5.41) is 6.48. The van der Waals surface area contributed by atoms with Crippen molar-refractivity contribution in [2.45, 2.75) is 19.9 Å². The second kappa shape index (κ2) is 6.27. The van der Waals surface area contributed by atoms with Crippen LogP contribution in [0.4, 0.5) is 0 Å². The van der Waals surface area contributed by atoms with Crippen molar-refractivity contribution in [3.8, 4) is 0 Å². The molecule has 0 aliphatic heterocycles. The summed E-state index contributed by atoms with van der Waals surface area (Å²) in [6, 6.07) is 0. The van der Waals surface area contributed by atoms with E-state index in [9.17, 15) is 4.21 Å². The molecular formula is C9H16N2OS2. The number of nitrogens with zero attached hydrogens (tertiary/aromatic N) is 1. The summed E-state index contributed by atoms with van der Waals surface area (Å²) in [4.78, 5) is 4.43. The highest BCUT2D eigenvalue weighted by molar-refractivity contribution is 7.84. The Bertz CT molecular complexity index is 299. The molecule has 1 aromatic heterocycles. The molecule has 1 N–H and O–H groups in total. The van der Waals surface area contributed by atoms with Crippen molar-refractivity contribution in [3.05, 3.63) is 16.1 Å². The van der Waals surface area contributed by atoms with E-state index in [1.807, 2.05) is 0 Å². The van der Waals surface area contributed by atoms with E-state index >= 15 is 0 Å². The number of aromatic nitrogens is 1. The largest absolute Gasteiger partial charge is 0.310 e. The molecule has 0 bridgehead atoms. The van der Waals surface area contributed by atoms with Gasteiger partial charge in [-0.15, -0.1) is 11.3 Å². The Labute approximate surface area is 91.4 Å². The van der Waals surface area contributed by atoms with Gasteiger partial charge >= 0.3 is 0 Å². The van der Waals surface area contributed by atoms with E-state index in [1.54, 1.807) is 17.6 Å². The molecule has 1 unspecified atom stereocenters. The van der Waals surface area contributed by atoms with Gasteiger partial charge in [-0.25, -0.2) is 4.98 Å². The molecule has 0 saturated heterocycles. The monoisotopic (exact) mass is 232 g/mol. The molecule has 0 spiro atoms. The molecule has 0 saturated carbocycles. The minimum absolute atomic E-state index is 0.700. The molecule has 0 aromatic carbocycles. The summed E-state index contributed by atoms with van der Waals surface area (Å²) in [6.45, 7) is 3.69. The van der Waals surface area contributed by atoms with Crippen LogP contribution in [0.3, 0.4) is 0 Å². The van der Waals surface area contributed by atoms with Crippen LogP contribution in [0.1, 0.15) is 17.6 Å². The Balaban J connectivity index is 2.21. The molecule has 1 rings (SSSR count). The zero-order valence-electron chi connectivity index (χ0n) is 8.58. The predicted molar refractivity (Wildman–Crippen MR) is 62.1 cm³/mol. The van der Waals surface area contributed by atoms with Crippen LogP contribution in [-0.2, 0) is 23.8 Å². The first kappa shape index (κ1) is 11.8. The lowest BCUT2D eigenvalue weighted by atomic mass is 10.4. The molecule has 0 aliphatic rings. The lowest BCUT2D eigenvalue weighted by Crippen LogP contribution is -2.19. The Morgan fingerprint density at radius 2 is 2.43 bits per heavy atom. The van der Waals surface area contributed by atoms with Crippen LogP contribution in [0.5, 0.6) is 0 Å². The van der Waals surface area contributed by atoms with Gasteiger partial charge in [-0.2, -0.15) is 0 Å². The predicted octanol–water partition coefficient (Wildman–Crippen LogP) is 1.17. The highest BCUT2D eigenvalue weighted by Crippen LogP contribution is 2.09. The van der Waals surface area contributed by atoms with E-state index < -0.39 is 10.8 Å². The standard InChI is InChI=1S/C9H16N2OS2/c1-3-9-11-8(7-13-9)6-10-4-5-14(2)12/h7,10H,3-6H2,1-2H3. The van der Waals surface area contributed by atoms with E-state index in [2.05, 4.69) is 22.6 Å². The molecule has 0 amide bonds. The van der Waals surface area contributed by atoms with Crippen molar-refractivity contribution in [3.63, 3.8) is 0 Å². The Morgan fingerprint density at radius 3 is 3.00 bits per heavy atom. The van der Waals surface area contributed by atoms with Gasteiger partial charge in [-0.3, -0.25) is 4.21 Å². The summed E-state index contributed by atoms with van der Waals surface area (Å²) < 4.78 is 10.8. The third kappa shape index (κ3) is 4.30. The minimum Gasteiger partial charge on any atom is -0.310 e. The molecule has 5 heteroatoms. The molecular weight excluding hydrogens is 216 g/mol. The quantitative estimate of drug-likeness (QED) is 0.749. The molecule has 0 fully saturated rings. The SMILES string of the molecule is CCc1nc(CNCCS(C)=O)cs1. The van der Waals surface area contributed by atoms with E-state index in [1.165, 1.54) is 5.01 Å². The lowest BCUT2D eigenvalue weighted by Gasteiger charge is -1.99. The third-order valence-electron chi connectivity index (χ3n) is 1.77. The second-order valence-corrected chi connectivity index (χ2v) is 5.54. The first-order chi connectivity index (χ1) is 6.72. The molecule has 0 radical (unpaired) electrons. The van der Waals surface area contributed by atoms with Gasteiger partial charge in [0.1, 0.15) is 0 Å². The zero-order valence-corrected chi connectivity index (χ0v) is 10.2. The highest BCUT2D eigenvalue weighted by Gasteiger charge is 1.99. The van der Waals surface area contributed by atoms with Gasteiger partial charge in [0.25, 0.3) is 0 Å². The number of hydrogen-bond donors (Lipinski definition) is 1. The molecule has 3 nitrogen and oxygen atoms in total. The van der Waals surface area contributed by atoms with Crippen LogP contribution >= 0.6 is 11.3 Å². The molecule has 1 heterocycles. The van der Waals surface area contributed by atoms with Gasteiger partial charge in [-0.1, -0.05) is 6.92 Å². The molecule has 1 aromatic rings. The maximum absolute atomic E-state index is 10.8. The van der Waals surface area contributed by atoms with Crippen molar-refractivity contribution in [2.75, 3.05) is 18.6 Å². The number of hydrogen-bond acceptors (Lipinski definition) is 4. The number of thiazole rings is 1. The Kier molecular flexibility index (Phi) is 5.29. The lowest BCUT2D eigenvalue weighted by molar-refractivity contribution is 0.674. The summed E-state index contributed by atoms with van der Waals surface area (Å²) in [5.74, 6) is 0.713. The van der Waals surface area contributed by atoms with Crippen LogP contribution in [0, 0.1) is 0 Å². The van der Waals surface area contributed by atoms with Gasteiger partial charge in [0.05, 0.1) is 10.7 Å². The van der Waals surface area contributed by atoms with Gasteiger partial charge < -0.3 is 5.32 Å². The van der Waals surface area contributed by atoms with E-state index in [0.29, 0.717) is 5.75 Å². The average molecular weight is 232 g/mol. The van der Waals surface area contributed by atoms with Crippen molar-refractivity contribution in [2.24, 2.45) is 0 Å². The van der Waals surface area contributed by atoms with Gasteiger partial charge in [-0.05, 0) is 6.42 Å². The van der Waals surface area contributed by atoms with Crippen molar-refractivity contribution in [1.82, 2.24) is 10.3 Å². The minimum atomic E-state index is -0.700. The van der Waals surface area contributed by atoms with Gasteiger partial charge in [0.15, 0.2) is 0 Å². The van der Waals surface area contributed by atoms with Crippen LogP contribution in [-0.4, -0.2) is 27.7 Å². The summed E-state index contributed by atoms with van der Waals surface area (Å²) in [6.07, 6.45) is 2.73. The average Bonchev–Trinajstić information content (AvgIpc) is 2.60. The van der Waals surface area contributed by atoms with Crippen LogP contribution in [0.15, 0.2) is 5.38 Å². The topological polar surface area (TPSA) is 42.0 Å². The fraction of sp³-hybridized carbons (Fsp3) is 0.667. The number of rotatable bonds is 6. The maximum Gasteiger partial charge on any atom is 0.0926 e. The summed E-state index contributed by atoms with van der Waals surface area (Å²) in [7, 11) is -0.700. The van der Waals surface area contributed by atoms with Crippen LogP contribution in [0.2, 0.25) is 0 Å². The second-order valence-electron chi connectivity index (χ2n) is 3.04. The highest BCUT2D eigenvalue weighted by atomic mass is 32.2. The molecule has 0 aliphatic carbocycles. The summed E-state index contributed by atoms with van der Waals surface area (Å²) in [5.41, 5.74) is 1.09. The molecule has 14 heavy (non-hydrogen) atoms. The first-order valence-corrected chi connectivity index (χ1v) is 7.27. The number of nitrogens with one attached hydrogen (secondary N) is 1. The van der Waals surface area contributed by atoms with Gasteiger partial charge in [0, 0.05) is 41.3 Å². The summed E-state index contributed by atoms with van der Waals surface area (Å²) >= 11 is 1.70. The molecule has 1 atom stereocenters. The third-order valence-corrected chi connectivity index (χ3v) is 3.60. The van der Waals surface area contributed by atoms with Crippen LogP contribution in [0.25, 0.3) is 0 Å².